The summed E-state index contributed by atoms with van der Waals surface area (Å²) in [7, 11) is 1.95. The molecule has 0 spiro atoms. The van der Waals surface area contributed by atoms with Gasteiger partial charge in [0.25, 0.3) is 0 Å². The first-order valence-electron chi connectivity index (χ1n) is 7.10. The van der Waals surface area contributed by atoms with Crippen molar-refractivity contribution in [3.63, 3.8) is 0 Å². The summed E-state index contributed by atoms with van der Waals surface area (Å²) in [5.41, 5.74) is 0. The smallest absolute Gasteiger partial charge is 0.225 e. The Balaban J connectivity index is 2.23. The zero-order valence-electron chi connectivity index (χ0n) is 11.7. The third-order valence-electron chi connectivity index (χ3n) is 3.85. The van der Waals surface area contributed by atoms with Crippen LogP contribution < -0.4 is 5.32 Å². The maximum absolute atomic E-state index is 12.0. The summed E-state index contributed by atoms with van der Waals surface area (Å²) in [4.78, 5) is 14.0. The average Bonchev–Trinajstić information content (AvgIpc) is 2.36. The summed E-state index contributed by atoms with van der Waals surface area (Å²) in [6, 6.07) is 0. The quantitative estimate of drug-likeness (QED) is 0.772. The Hall–Kier alpha value is -0.570. The molecule has 0 radical (unpaired) electrons. The zero-order chi connectivity index (χ0) is 12.7. The lowest BCUT2D eigenvalue weighted by atomic mass is 9.94. The highest BCUT2D eigenvalue weighted by atomic mass is 16.2. The fourth-order valence-electron chi connectivity index (χ4n) is 2.59. The van der Waals surface area contributed by atoms with E-state index in [1.807, 2.05) is 18.9 Å². The molecule has 0 saturated carbocycles. The van der Waals surface area contributed by atoms with Gasteiger partial charge in [0, 0.05) is 19.5 Å². The van der Waals surface area contributed by atoms with Crippen LogP contribution in [0.2, 0.25) is 0 Å². The van der Waals surface area contributed by atoms with Crippen molar-refractivity contribution >= 4 is 5.91 Å². The van der Waals surface area contributed by atoms with E-state index in [-0.39, 0.29) is 5.92 Å². The van der Waals surface area contributed by atoms with Crippen LogP contribution in [0.4, 0.5) is 0 Å². The van der Waals surface area contributed by atoms with E-state index in [4.69, 9.17) is 0 Å². The minimum atomic E-state index is 0.193. The predicted molar refractivity (Wildman–Crippen MR) is 71.9 cm³/mol. The highest BCUT2D eigenvalue weighted by molar-refractivity contribution is 5.78. The lowest BCUT2D eigenvalue weighted by molar-refractivity contribution is -0.134. The van der Waals surface area contributed by atoms with Crippen LogP contribution in [-0.2, 0) is 4.79 Å². The molecule has 0 aromatic heterocycles. The van der Waals surface area contributed by atoms with Crippen molar-refractivity contribution in [2.45, 2.75) is 46.0 Å². The average molecular weight is 240 g/mol. The fourth-order valence-corrected chi connectivity index (χ4v) is 2.59. The normalized spacial score (nSPS) is 19.0. The molecule has 0 aromatic carbocycles. The summed E-state index contributed by atoms with van der Waals surface area (Å²) in [6.45, 7) is 7.41. The van der Waals surface area contributed by atoms with Gasteiger partial charge >= 0.3 is 0 Å². The maximum atomic E-state index is 12.0. The van der Waals surface area contributed by atoms with Crippen molar-refractivity contribution in [2.75, 3.05) is 26.7 Å². The number of carbonyl (C=O) groups excluding carboxylic acids is 1. The van der Waals surface area contributed by atoms with E-state index in [1.165, 1.54) is 19.3 Å². The molecule has 1 N–H and O–H groups in total. The molecule has 1 atom stereocenters. The number of rotatable bonds is 6. The number of hydrogen-bond donors (Lipinski definition) is 1. The molecule has 100 valence electrons. The Morgan fingerprint density at radius 2 is 2.06 bits per heavy atom. The van der Waals surface area contributed by atoms with Crippen molar-refractivity contribution < 1.29 is 4.79 Å². The molecule has 1 heterocycles. The van der Waals surface area contributed by atoms with Gasteiger partial charge in [0.15, 0.2) is 0 Å². The Labute approximate surface area is 106 Å². The van der Waals surface area contributed by atoms with E-state index in [0.29, 0.717) is 5.91 Å². The van der Waals surface area contributed by atoms with Crippen molar-refractivity contribution in [3.05, 3.63) is 0 Å². The molecule has 0 aliphatic carbocycles. The molecule has 1 unspecified atom stereocenters. The molecule has 1 saturated heterocycles. The Kier molecular flexibility index (Phi) is 6.56. The van der Waals surface area contributed by atoms with E-state index in [9.17, 15) is 4.79 Å². The van der Waals surface area contributed by atoms with Gasteiger partial charge in [0.2, 0.25) is 5.91 Å². The molecule has 1 rings (SSSR count). The lowest BCUT2D eigenvalue weighted by Crippen LogP contribution is -2.35. The highest BCUT2D eigenvalue weighted by Crippen LogP contribution is 2.17. The maximum Gasteiger partial charge on any atom is 0.225 e. The molecule has 1 fully saturated rings. The minimum Gasteiger partial charge on any atom is -0.346 e. The number of nitrogens with one attached hydrogen (secondary N) is 1. The number of carbonyl (C=O) groups is 1. The van der Waals surface area contributed by atoms with E-state index < -0.39 is 0 Å². The second kappa shape index (κ2) is 7.70. The Morgan fingerprint density at radius 1 is 1.41 bits per heavy atom. The molecule has 3 nitrogen and oxygen atoms in total. The van der Waals surface area contributed by atoms with Crippen LogP contribution in [0.25, 0.3) is 0 Å². The fraction of sp³-hybridized carbons (Fsp3) is 0.929. The van der Waals surface area contributed by atoms with Crippen LogP contribution in [0, 0.1) is 11.8 Å². The van der Waals surface area contributed by atoms with Gasteiger partial charge in [-0.15, -0.1) is 0 Å². The monoisotopic (exact) mass is 240 g/mol. The van der Waals surface area contributed by atoms with Gasteiger partial charge in [-0.25, -0.2) is 0 Å². The van der Waals surface area contributed by atoms with Crippen LogP contribution in [0.15, 0.2) is 0 Å². The van der Waals surface area contributed by atoms with E-state index in [0.717, 1.165) is 38.4 Å². The molecular weight excluding hydrogens is 212 g/mol. The highest BCUT2D eigenvalue weighted by Gasteiger charge is 2.18. The summed E-state index contributed by atoms with van der Waals surface area (Å²) in [5.74, 6) is 1.33. The van der Waals surface area contributed by atoms with Crippen LogP contribution in [0.1, 0.15) is 46.0 Å². The van der Waals surface area contributed by atoms with Crippen molar-refractivity contribution in [3.8, 4) is 0 Å². The lowest BCUT2D eigenvalue weighted by Gasteiger charge is -2.26. The summed E-state index contributed by atoms with van der Waals surface area (Å²) in [6.07, 6.45) is 5.81. The van der Waals surface area contributed by atoms with Crippen LogP contribution in [0.3, 0.4) is 0 Å². The third kappa shape index (κ3) is 5.07. The van der Waals surface area contributed by atoms with E-state index >= 15 is 0 Å². The number of piperidine rings is 1. The Morgan fingerprint density at radius 3 is 2.65 bits per heavy atom. The van der Waals surface area contributed by atoms with Gasteiger partial charge in [-0.1, -0.05) is 20.3 Å². The largest absolute Gasteiger partial charge is 0.346 e. The topological polar surface area (TPSA) is 32.3 Å². The third-order valence-corrected chi connectivity index (χ3v) is 3.85. The van der Waals surface area contributed by atoms with Crippen molar-refractivity contribution in [1.82, 2.24) is 10.2 Å². The van der Waals surface area contributed by atoms with E-state index in [2.05, 4.69) is 12.2 Å². The Bertz CT molecular complexity index is 224. The zero-order valence-corrected chi connectivity index (χ0v) is 11.7. The molecule has 0 aromatic rings. The van der Waals surface area contributed by atoms with Crippen LogP contribution >= 0.6 is 0 Å². The SMILES string of the molecule is CCCC(C)C(=O)N(C)CCC1CCNCC1. The predicted octanol–water partition coefficient (Wildman–Crippen LogP) is 2.27. The standard InChI is InChI=1S/C14H28N2O/c1-4-5-12(2)14(17)16(3)11-8-13-6-9-15-10-7-13/h12-13,15H,4-11H2,1-3H3. The van der Waals surface area contributed by atoms with Gasteiger partial charge in [-0.3, -0.25) is 4.79 Å². The van der Waals surface area contributed by atoms with Gasteiger partial charge in [-0.05, 0) is 44.7 Å². The second-order valence-corrected chi connectivity index (χ2v) is 5.43. The molecule has 1 aliphatic rings. The van der Waals surface area contributed by atoms with Crippen LogP contribution in [-0.4, -0.2) is 37.5 Å². The molecular formula is C14H28N2O. The van der Waals surface area contributed by atoms with Gasteiger partial charge < -0.3 is 10.2 Å². The first kappa shape index (κ1) is 14.5. The van der Waals surface area contributed by atoms with E-state index in [1.54, 1.807) is 0 Å². The van der Waals surface area contributed by atoms with Gasteiger partial charge in [0.05, 0.1) is 0 Å². The molecule has 3 heteroatoms. The van der Waals surface area contributed by atoms with Gasteiger partial charge in [-0.2, -0.15) is 0 Å². The summed E-state index contributed by atoms with van der Waals surface area (Å²) in [5, 5.41) is 3.38. The molecule has 1 amide bonds. The van der Waals surface area contributed by atoms with Crippen molar-refractivity contribution in [1.29, 1.82) is 0 Å². The number of hydrogen-bond acceptors (Lipinski definition) is 2. The molecule has 0 bridgehead atoms. The summed E-state index contributed by atoms with van der Waals surface area (Å²) < 4.78 is 0. The summed E-state index contributed by atoms with van der Waals surface area (Å²) >= 11 is 0. The molecule has 1 aliphatic heterocycles. The first-order chi connectivity index (χ1) is 8.15. The number of amides is 1. The molecule has 17 heavy (non-hydrogen) atoms. The minimum absolute atomic E-state index is 0.193. The second-order valence-electron chi connectivity index (χ2n) is 5.43. The van der Waals surface area contributed by atoms with Crippen molar-refractivity contribution in [2.24, 2.45) is 11.8 Å². The first-order valence-corrected chi connectivity index (χ1v) is 7.10. The van der Waals surface area contributed by atoms with Gasteiger partial charge in [0.1, 0.15) is 0 Å². The number of nitrogens with zero attached hydrogens (tertiary/aromatic N) is 1. The van der Waals surface area contributed by atoms with Crippen LogP contribution in [0.5, 0.6) is 0 Å².